The van der Waals surface area contributed by atoms with Crippen molar-refractivity contribution in [2.75, 3.05) is 7.05 Å². The molecule has 0 aliphatic carbocycles. The fourth-order valence-corrected chi connectivity index (χ4v) is 2.31. The van der Waals surface area contributed by atoms with Gasteiger partial charge in [-0.15, -0.1) is 0 Å². The Balaban J connectivity index is 2.15. The Hall–Kier alpha value is -2.19. The van der Waals surface area contributed by atoms with E-state index in [1.165, 1.54) is 23.1 Å². The van der Waals surface area contributed by atoms with Crippen molar-refractivity contribution >= 4 is 21.8 Å². The van der Waals surface area contributed by atoms with Gasteiger partial charge >= 0.3 is 0 Å². The van der Waals surface area contributed by atoms with E-state index in [1.54, 1.807) is 31.3 Å². The number of hydrogen-bond acceptors (Lipinski definition) is 2. The average Bonchev–Trinajstić information content (AvgIpc) is 2.49. The molecule has 2 rings (SSSR count). The highest BCUT2D eigenvalue weighted by atomic mass is 79.9. The molecule has 0 saturated carbocycles. The molecule has 0 fully saturated rings. The van der Waals surface area contributed by atoms with E-state index in [-0.39, 0.29) is 11.5 Å². The first-order valence-corrected chi connectivity index (χ1v) is 7.00. The van der Waals surface area contributed by atoms with Crippen LogP contribution in [0, 0.1) is 17.1 Å². The number of amides is 1. The Morgan fingerprint density at radius 2 is 1.95 bits per heavy atom. The number of carbonyl (C=O) groups excluding carboxylic acids is 1. The molecule has 0 unspecified atom stereocenters. The van der Waals surface area contributed by atoms with E-state index in [4.69, 9.17) is 5.26 Å². The molecule has 0 heterocycles. The average molecular weight is 347 g/mol. The number of carbonyl (C=O) groups is 1. The summed E-state index contributed by atoms with van der Waals surface area (Å²) < 4.78 is 13.8. The third-order valence-corrected chi connectivity index (χ3v) is 3.70. The van der Waals surface area contributed by atoms with Crippen molar-refractivity contribution in [3.63, 3.8) is 0 Å². The standard InChI is InChI=1S/C16H12BrFN2O/c1-20(10-12-4-2-11(9-19)3-5-12)16(21)14-8-13(18)6-7-15(14)17/h2-8H,10H2,1H3. The first-order chi connectivity index (χ1) is 10.0. The molecule has 0 radical (unpaired) electrons. The van der Waals surface area contributed by atoms with Gasteiger partial charge in [0.15, 0.2) is 0 Å². The third-order valence-electron chi connectivity index (χ3n) is 3.01. The van der Waals surface area contributed by atoms with Gasteiger partial charge in [0.05, 0.1) is 17.2 Å². The van der Waals surface area contributed by atoms with Crippen LogP contribution in [0.5, 0.6) is 0 Å². The minimum absolute atomic E-state index is 0.272. The van der Waals surface area contributed by atoms with Crippen LogP contribution in [0.4, 0.5) is 4.39 Å². The van der Waals surface area contributed by atoms with E-state index in [1.807, 2.05) is 6.07 Å². The molecular formula is C16H12BrFN2O. The van der Waals surface area contributed by atoms with Crippen molar-refractivity contribution in [1.82, 2.24) is 4.90 Å². The van der Waals surface area contributed by atoms with Crippen LogP contribution in [0.3, 0.4) is 0 Å². The number of nitrogens with zero attached hydrogens (tertiary/aromatic N) is 2. The number of hydrogen-bond donors (Lipinski definition) is 0. The van der Waals surface area contributed by atoms with Crippen LogP contribution in [-0.4, -0.2) is 17.9 Å². The van der Waals surface area contributed by atoms with Gasteiger partial charge in [0.1, 0.15) is 5.82 Å². The molecular weight excluding hydrogens is 335 g/mol. The Kier molecular flexibility index (Phi) is 4.71. The highest BCUT2D eigenvalue weighted by Crippen LogP contribution is 2.20. The molecule has 2 aromatic rings. The first-order valence-electron chi connectivity index (χ1n) is 6.21. The molecule has 1 amide bonds. The number of halogens is 2. The molecule has 0 atom stereocenters. The fraction of sp³-hybridized carbons (Fsp3) is 0.125. The van der Waals surface area contributed by atoms with E-state index in [2.05, 4.69) is 15.9 Å². The van der Waals surface area contributed by atoms with Crippen LogP contribution < -0.4 is 0 Å². The molecule has 3 nitrogen and oxygen atoms in total. The van der Waals surface area contributed by atoms with Crippen LogP contribution in [0.15, 0.2) is 46.9 Å². The largest absolute Gasteiger partial charge is 0.337 e. The molecule has 5 heteroatoms. The van der Waals surface area contributed by atoms with E-state index in [0.29, 0.717) is 16.6 Å². The van der Waals surface area contributed by atoms with Gasteiger partial charge in [0, 0.05) is 18.1 Å². The summed E-state index contributed by atoms with van der Waals surface area (Å²) in [4.78, 5) is 13.8. The molecule has 0 saturated heterocycles. The van der Waals surface area contributed by atoms with E-state index in [9.17, 15) is 9.18 Å². The summed E-state index contributed by atoms with van der Waals surface area (Å²) in [5.41, 5.74) is 1.75. The first kappa shape index (κ1) is 15.2. The normalized spacial score (nSPS) is 10.0. The van der Waals surface area contributed by atoms with Crippen LogP contribution in [0.2, 0.25) is 0 Å². The van der Waals surface area contributed by atoms with Crippen molar-refractivity contribution in [2.45, 2.75) is 6.54 Å². The molecule has 21 heavy (non-hydrogen) atoms. The Labute approximate surface area is 130 Å². The number of benzene rings is 2. The van der Waals surface area contributed by atoms with Crippen molar-refractivity contribution < 1.29 is 9.18 Å². The summed E-state index contributed by atoms with van der Waals surface area (Å²) in [5.74, 6) is -0.723. The van der Waals surface area contributed by atoms with Gasteiger partial charge in [-0.3, -0.25) is 4.79 Å². The quantitative estimate of drug-likeness (QED) is 0.849. The van der Waals surface area contributed by atoms with Gasteiger partial charge in [-0.25, -0.2) is 4.39 Å². The Morgan fingerprint density at radius 1 is 1.29 bits per heavy atom. The van der Waals surface area contributed by atoms with Crippen LogP contribution in [0.25, 0.3) is 0 Å². The molecule has 0 aliphatic rings. The second-order valence-corrected chi connectivity index (χ2v) is 5.45. The third kappa shape index (κ3) is 3.67. The maximum absolute atomic E-state index is 13.3. The molecule has 106 valence electrons. The highest BCUT2D eigenvalue weighted by Gasteiger charge is 2.16. The summed E-state index contributed by atoms with van der Waals surface area (Å²) >= 11 is 3.25. The van der Waals surface area contributed by atoms with Crippen LogP contribution in [0.1, 0.15) is 21.5 Å². The van der Waals surface area contributed by atoms with Crippen molar-refractivity contribution in [3.8, 4) is 6.07 Å². The maximum Gasteiger partial charge on any atom is 0.255 e. The van der Waals surface area contributed by atoms with Gasteiger partial charge < -0.3 is 4.90 Å². The SMILES string of the molecule is CN(Cc1ccc(C#N)cc1)C(=O)c1cc(F)ccc1Br. The summed E-state index contributed by atoms with van der Waals surface area (Å²) in [7, 11) is 1.65. The predicted octanol–water partition coefficient (Wildman–Crippen LogP) is 3.73. The van der Waals surface area contributed by atoms with E-state index >= 15 is 0 Å². The lowest BCUT2D eigenvalue weighted by atomic mass is 10.1. The van der Waals surface area contributed by atoms with Gasteiger partial charge in [-0.05, 0) is 51.8 Å². The van der Waals surface area contributed by atoms with Crippen LogP contribution in [-0.2, 0) is 6.54 Å². The molecule has 0 N–H and O–H groups in total. The lowest BCUT2D eigenvalue weighted by Gasteiger charge is -2.18. The van der Waals surface area contributed by atoms with E-state index < -0.39 is 5.82 Å². The highest BCUT2D eigenvalue weighted by molar-refractivity contribution is 9.10. The summed E-state index contributed by atoms with van der Waals surface area (Å²) in [6, 6.07) is 13.0. The zero-order chi connectivity index (χ0) is 15.4. The lowest BCUT2D eigenvalue weighted by molar-refractivity contribution is 0.0783. The van der Waals surface area contributed by atoms with Gasteiger partial charge in [0.2, 0.25) is 0 Å². The second-order valence-electron chi connectivity index (χ2n) is 4.59. The Morgan fingerprint density at radius 3 is 2.57 bits per heavy atom. The number of nitriles is 1. The molecule has 0 aromatic heterocycles. The predicted molar refractivity (Wildman–Crippen MR) is 81.1 cm³/mol. The maximum atomic E-state index is 13.3. The lowest BCUT2D eigenvalue weighted by Crippen LogP contribution is -2.26. The summed E-state index contributed by atoms with van der Waals surface area (Å²) in [5, 5.41) is 8.75. The second kappa shape index (κ2) is 6.51. The smallest absolute Gasteiger partial charge is 0.255 e. The van der Waals surface area contributed by atoms with Gasteiger partial charge in [-0.1, -0.05) is 12.1 Å². The summed E-state index contributed by atoms with van der Waals surface area (Å²) in [6.45, 7) is 0.382. The van der Waals surface area contributed by atoms with E-state index in [0.717, 1.165) is 5.56 Å². The molecule has 0 aliphatic heterocycles. The monoisotopic (exact) mass is 346 g/mol. The zero-order valence-electron chi connectivity index (χ0n) is 11.3. The topological polar surface area (TPSA) is 44.1 Å². The molecule has 0 spiro atoms. The molecule has 2 aromatic carbocycles. The van der Waals surface area contributed by atoms with Crippen LogP contribution >= 0.6 is 15.9 Å². The molecule has 0 bridgehead atoms. The minimum Gasteiger partial charge on any atom is -0.337 e. The summed E-state index contributed by atoms with van der Waals surface area (Å²) in [6.07, 6.45) is 0. The van der Waals surface area contributed by atoms with Crippen molar-refractivity contribution in [1.29, 1.82) is 5.26 Å². The van der Waals surface area contributed by atoms with Gasteiger partial charge in [0.25, 0.3) is 5.91 Å². The minimum atomic E-state index is -0.451. The van der Waals surface area contributed by atoms with Crippen molar-refractivity contribution in [3.05, 3.63) is 69.4 Å². The van der Waals surface area contributed by atoms with Gasteiger partial charge in [-0.2, -0.15) is 5.26 Å². The fourth-order valence-electron chi connectivity index (χ4n) is 1.90. The zero-order valence-corrected chi connectivity index (χ0v) is 12.9. The van der Waals surface area contributed by atoms with Crippen molar-refractivity contribution in [2.24, 2.45) is 0 Å². The Bertz CT molecular complexity index is 707. The number of rotatable bonds is 3.